The van der Waals surface area contributed by atoms with Crippen molar-refractivity contribution < 1.29 is 17.9 Å². The summed E-state index contributed by atoms with van der Waals surface area (Å²) in [6, 6.07) is 9.48. The zero-order valence-corrected chi connectivity index (χ0v) is 11.8. The molecule has 0 spiro atoms. The molecule has 0 atom stereocenters. The van der Waals surface area contributed by atoms with E-state index >= 15 is 0 Å². The Labute approximate surface area is 121 Å². The molecule has 0 radical (unpaired) electrons. The maximum atomic E-state index is 12.4. The molecule has 0 saturated heterocycles. The summed E-state index contributed by atoms with van der Waals surface area (Å²) in [5, 5.41) is 0. The van der Waals surface area contributed by atoms with E-state index in [4.69, 9.17) is 4.74 Å². The second-order valence-electron chi connectivity index (χ2n) is 3.77. The molecule has 19 heavy (non-hydrogen) atoms. The van der Waals surface area contributed by atoms with Gasteiger partial charge in [0.1, 0.15) is 5.75 Å². The first kappa shape index (κ1) is 14.1. The summed E-state index contributed by atoms with van der Waals surface area (Å²) in [7, 11) is 0. The number of nitrogens with zero attached hydrogens (tertiary/aromatic N) is 1. The zero-order chi connectivity index (χ0) is 13.9. The summed E-state index contributed by atoms with van der Waals surface area (Å²) in [4.78, 5) is 3.65. The third-order valence-corrected chi connectivity index (χ3v) is 3.22. The highest BCUT2D eigenvalue weighted by Crippen LogP contribution is 2.30. The second kappa shape index (κ2) is 5.77. The Morgan fingerprint density at radius 1 is 1.16 bits per heavy atom. The Kier molecular flexibility index (Phi) is 4.28. The van der Waals surface area contributed by atoms with Gasteiger partial charge >= 0.3 is 6.18 Å². The van der Waals surface area contributed by atoms with Gasteiger partial charge in [-0.25, -0.2) is 4.98 Å². The minimum atomic E-state index is -4.38. The lowest BCUT2D eigenvalue weighted by atomic mass is 10.2. The molecule has 0 fully saturated rings. The fourth-order valence-corrected chi connectivity index (χ4v) is 1.90. The van der Waals surface area contributed by atoms with E-state index in [1.54, 1.807) is 6.07 Å². The molecule has 2 aromatic rings. The molecular formula is C13H9F3INO. The first-order chi connectivity index (χ1) is 8.99. The van der Waals surface area contributed by atoms with E-state index in [9.17, 15) is 13.2 Å². The van der Waals surface area contributed by atoms with E-state index in [1.165, 1.54) is 6.07 Å². The molecule has 0 aliphatic carbocycles. The largest absolute Gasteiger partial charge is 0.439 e. The number of aromatic nitrogens is 1. The quantitative estimate of drug-likeness (QED) is 0.563. The van der Waals surface area contributed by atoms with Gasteiger partial charge in [0.05, 0.1) is 5.56 Å². The Hall–Kier alpha value is -1.31. The van der Waals surface area contributed by atoms with Gasteiger partial charge in [0.2, 0.25) is 5.88 Å². The second-order valence-corrected chi connectivity index (χ2v) is 4.53. The smallest absolute Gasteiger partial charge is 0.417 e. The van der Waals surface area contributed by atoms with Crippen LogP contribution in [-0.4, -0.2) is 4.98 Å². The molecule has 0 amide bonds. The number of hydrogen-bond acceptors (Lipinski definition) is 2. The van der Waals surface area contributed by atoms with Crippen LogP contribution in [0.2, 0.25) is 0 Å². The number of pyridine rings is 1. The van der Waals surface area contributed by atoms with Gasteiger partial charge in [-0.3, -0.25) is 0 Å². The number of rotatable bonds is 3. The molecule has 1 aromatic carbocycles. The van der Waals surface area contributed by atoms with Gasteiger partial charge in [0.25, 0.3) is 0 Å². The van der Waals surface area contributed by atoms with Gasteiger partial charge in [-0.15, -0.1) is 0 Å². The normalized spacial score (nSPS) is 11.4. The fraction of sp³-hybridized carbons (Fsp3) is 0.154. The molecular weight excluding hydrogens is 370 g/mol. The van der Waals surface area contributed by atoms with E-state index in [0.717, 1.165) is 22.3 Å². The average Bonchev–Trinajstić information content (AvgIpc) is 2.38. The zero-order valence-electron chi connectivity index (χ0n) is 9.62. The van der Waals surface area contributed by atoms with Crippen LogP contribution in [0.3, 0.4) is 0 Å². The highest BCUT2D eigenvalue weighted by atomic mass is 127. The lowest BCUT2D eigenvalue weighted by Gasteiger charge is -2.08. The first-order valence-electron chi connectivity index (χ1n) is 5.35. The van der Waals surface area contributed by atoms with Gasteiger partial charge in [0.15, 0.2) is 0 Å². The number of hydrogen-bond donors (Lipinski definition) is 0. The minimum absolute atomic E-state index is 0.138. The molecule has 2 rings (SSSR count). The van der Waals surface area contributed by atoms with Crippen molar-refractivity contribution in [1.29, 1.82) is 0 Å². The number of halogens is 4. The number of alkyl halides is 4. The SMILES string of the molecule is FC(F)(F)c1ccc(Oc2cccc(CI)c2)nc1. The molecule has 0 unspecified atom stereocenters. The summed E-state index contributed by atoms with van der Waals surface area (Å²) in [5.74, 6) is 0.694. The van der Waals surface area contributed by atoms with Crippen molar-refractivity contribution in [3.05, 3.63) is 53.7 Å². The van der Waals surface area contributed by atoms with Crippen molar-refractivity contribution in [3.63, 3.8) is 0 Å². The fourth-order valence-electron chi connectivity index (χ4n) is 1.42. The molecule has 100 valence electrons. The maximum absolute atomic E-state index is 12.4. The standard InChI is InChI=1S/C13H9F3INO/c14-13(15,16)10-4-5-12(18-8-10)19-11-3-1-2-9(6-11)7-17/h1-6,8H,7H2. The number of benzene rings is 1. The van der Waals surface area contributed by atoms with Gasteiger partial charge in [-0.05, 0) is 23.8 Å². The molecule has 0 aliphatic heterocycles. The van der Waals surface area contributed by atoms with Crippen molar-refractivity contribution in [1.82, 2.24) is 4.98 Å². The average molecular weight is 379 g/mol. The van der Waals surface area contributed by atoms with Crippen LogP contribution in [0, 0.1) is 0 Å². The Morgan fingerprint density at radius 3 is 2.53 bits per heavy atom. The molecule has 1 heterocycles. The van der Waals surface area contributed by atoms with Gasteiger partial charge < -0.3 is 4.74 Å². The van der Waals surface area contributed by atoms with Crippen LogP contribution in [0.1, 0.15) is 11.1 Å². The Balaban J connectivity index is 2.15. The van der Waals surface area contributed by atoms with Crippen molar-refractivity contribution in [2.45, 2.75) is 10.6 Å². The predicted octanol–water partition coefficient (Wildman–Crippen LogP) is 4.83. The third-order valence-electron chi connectivity index (χ3n) is 2.34. The summed E-state index contributed by atoms with van der Waals surface area (Å²) in [6.07, 6.45) is -3.62. The predicted molar refractivity (Wildman–Crippen MR) is 73.5 cm³/mol. The molecule has 6 heteroatoms. The first-order valence-corrected chi connectivity index (χ1v) is 6.87. The molecule has 2 nitrogen and oxygen atoms in total. The molecule has 0 saturated carbocycles. The highest BCUT2D eigenvalue weighted by Gasteiger charge is 2.30. The highest BCUT2D eigenvalue weighted by molar-refractivity contribution is 14.1. The summed E-state index contributed by atoms with van der Waals surface area (Å²) in [5.41, 5.74) is 0.283. The van der Waals surface area contributed by atoms with E-state index in [2.05, 4.69) is 27.6 Å². The minimum Gasteiger partial charge on any atom is -0.439 e. The van der Waals surface area contributed by atoms with Crippen molar-refractivity contribution in [2.24, 2.45) is 0 Å². The molecule has 0 aliphatic rings. The molecule has 1 aromatic heterocycles. The van der Waals surface area contributed by atoms with E-state index in [0.29, 0.717) is 5.75 Å². The van der Waals surface area contributed by atoms with E-state index in [-0.39, 0.29) is 5.88 Å². The van der Waals surface area contributed by atoms with Crippen LogP contribution in [0.25, 0.3) is 0 Å². The van der Waals surface area contributed by atoms with Crippen LogP contribution in [-0.2, 0) is 10.6 Å². The van der Waals surface area contributed by atoms with Crippen molar-refractivity contribution in [2.75, 3.05) is 0 Å². The van der Waals surface area contributed by atoms with Crippen LogP contribution < -0.4 is 4.74 Å². The van der Waals surface area contributed by atoms with Gasteiger partial charge in [0, 0.05) is 16.7 Å². The van der Waals surface area contributed by atoms with Crippen LogP contribution in [0.5, 0.6) is 11.6 Å². The topological polar surface area (TPSA) is 22.1 Å². The van der Waals surface area contributed by atoms with Crippen LogP contribution in [0.15, 0.2) is 42.6 Å². The van der Waals surface area contributed by atoms with Gasteiger partial charge in [-0.1, -0.05) is 34.7 Å². The van der Waals surface area contributed by atoms with Crippen LogP contribution >= 0.6 is 22.6 Å². The van der Waals surface area contributed by atoms with Crippen LogP contribution in [0.4, 0.5) is 13.2 Å². The summed E-state index contributed by atoms with van der Waals surface area (Å²) >= 11 is 2.22. The van der Waals surface area contributed by atoms with E-state index < -0.39 is 11.7 Å². The third kappa shape index (κ3) is 3.82. The molecule has 0 N–H and O–H groups in total. The monoisotopic (exact) mass is 379 g/mol. The Bertz CT molecular complexity index is 555. The summed E-state index contributed by atoms with van der Waals surface area (Å²) in [6.45, 7) is 0. The lowest BCUT2D eigenvalue weighted by molar-refractivity contribution is -0.137. The van der Waals surface area contributed by atoms with Crippen molar-refractivity contribution >= 4 is 22.6 Å². The van der Waals surface area contributed by atoms with Gasteiger partial charge in [-0.2, -0.15) is 13.2 Å². The summed E-state index contributed by atoms with van der Waals surface area (Å²) < 4.78 is 43.3. The molecule has 0 bridgehead atoms. The maximum Gasteiger partial charge on any atom is 0.417 e. The number of ether oxygens (including phenoxy) is 1. The van der Waals surface area contributed by atoms with Crippen molar-refractivity contribution in [3.8, 4) is 11.6 Å². The van der Waals surface area contributed by atoms with E-state index in [1.807, 2.05) is 18.2 Å². The Morgan fingerprint density at radius 2 is 1.95 bits per heavy atom. The lowest BCUT2D eigenvalue weighted by Crippen LogP contribution is -2.05.